The van der Waals surface area contributed by atoms with Gasteiger partial charge in [0.2, 0.25) is 5.91 Å². The van der Waals surface area contributed by atoms with Crippen molar-refractivity contribution in [3.63, 3.8) is 0 Å². The zero-order valence-electron chi connectivity index (χ0n) is 9.80. The maximum absolute atomic E-state index is 11.8. The van der Waals surface area contributed by atoms with Crippen LogP contribution >= 0.6 is 0 Å². The van der Waals surface area contributed by atoms with Crippen molar-refractivity contribution in [3.05, 3.63) is 0 Å². The second-order valence-electron chi connectivity index (χ2n) is 5.19. The topological polar surface area (TPSA) is 61.4 Å². The maximum Gasteiger partial charge on any atom is 0.237 e. The van der Waals surface area contributed by atoms with Crippen LogP contribution in [-0.2, 0) is 4.79 Å². The largest absolute Gasteiger partial charge is 0.396 e. The number of carbonyl (C=O) groups excluding carboxylic acids is 1. The minimum atomic E-state index is 0.0127. The molecule has 1 saturated carbocycles. The molecule has 16 heavy (non-hydrogen) atoms. The van der Waals surface area contributed by atoms with Crippen molar-refractivity contribution in [2.75, 3.05) is 19.7 Å². The lowest BCUT2D eigenvalue weighted by Crippen LogP contribution is -2.47. The minimum absolute atomic E-state index is 0.0127. The lowest BCUT2D eigenvalue weighted by Gasteiger charge is -2.24. The molecular weight excluding hydrogens is 204 g/mol. The van der Waals surface area contributed by atoms with Crippen LogP contribution in [0.3, 0.4) is 0 Å². The molecule has 0 unspecified atom stereocenters. The van der Waals surface area contributed by atoms with E-state index in [9.17, 15) is 4.79 Å². The molecule has 1 aliphatic heterocycles. The van der Waals surface area contributed by atoms with Crippen molar-refractivity contribution < 1.29 is 9.90 Å². The highest BCUT2D eigenvalue weighted by Gasteiger charge is 2.42. The zero-order chi connectivity index (χ0) is 11.4. The highest BCUT2D eigenvalue weighted by Crippen LogP contribution is 2.47. The van der Waals surface area contributed by atoms with E-state index in [1.807, 2.05) is 0 Å². The average Bonchev–Trinajstić information content (AvgIpc) is 3.08. The molecule has 0 aromatic rings. The third-order valence-electron chi connectivity index (χ3n) is 3.86. The Bertz CT molecular complexity index is 245. The van der Waals surface area contributed by atoms with E-state index in [1.165, 1.54) is 6.42 Å². The van der Waals surface area contributed by atoms with E-state index in [2.05, 4.69) is 10.6 Å². The molecule has 1 atom stereocenters. The van der Waals surface area contributed by atoms with E-state index in [-0.39, 0.29) is 24.0 Å². The summed E-state index contributed by atoms with van der Waals surface area (Å²) in [5, 5.41) is 15.2. The summed E-state index contributed by atoms with van der Waals surface area (Å²) in [6, 6.07) is 0.0127. The molecule has 1 aliphatic carbocycles. The first-order valence-corrected chi connectivity index (χ1v) is 6.38. The third kappa shape index (κ3) is 2.95. The fourth-order valence-corrected chi connectivity index (χ4v) is 2.40. The van der Waals surface area contributed by atoms with Crippen molar-refractivity contribution in [1.29, 1.82) is 0 Å². The summed E-state index contributed by atoms with van der Waals surface area (Å²) < 4.78 is 0. The number of aliphatic hydroxyl groups is 1. The van der Waals surface area contributed by atoms with Gasteiger partial charge in [0, 0.05) is 13.2 Å². The summed E-state index contributed by atoms with van der Waals surface area (Å²) in [5.74, 6) is 0.143. The fraction of sp³-hybridized carbons (Fsp3) is 0.917. The normalized spacial score (nSPS) is 27.4. The summed E-state index contributed by atoms with van der Waals surface area (Å²) in [6.07, 6.45) is 6.40. The van der Waals surface area contributed by atoms with Gasteiger partial charge in [-0.25, -0.2) is 0 Å². The predicted octanol–water partition coefficient (Wildman–Crippen LogP) is 0.407. The highest BCUT2D eigenvalue weighted by atomic mass is 16.3. The zero-order valence-corrected chi connectivity index (χ0v) is 9.80. The molecule has 2 rings (SSSR count). The van der Waals surface area contributed by atoms with E-state index in [1.54, 1.807) is 0 Å². The maximum atomic E-state index is 11.8. The molecule has 0 aromatic heterocycles. The standard InChI is InChI=1S/C12H22N2O2/c15-8-6-12(4-5-12)9-14-11(16)10-3-1-2-7-13-10/h10,13,15H,1-9H2,(H,14,16)/t10-/m0/s1. The van der Waals surface area contributed by atoms with Gasteiger partial charge >= 0.3 is 0 Å². The van der Waals surface area contributed by atoms with Crippen LogP contribution in [-0.4, -0.2) is 36.8 Å². The molecule has 0 spiro atoms. The number of hydrogen-bond acceptors (Lipinski definition) is 3. The van der Waals surface area contributed by atoms with Gasteiger partial charge in [0.05, 0.1) is 6.04 Å². The van der Waals surface area contributed by atoms with E-state index >= 15 is 0 Å². The monoisotopic (exact) mass is 226 g/mol. The van der Waals surface area contributed by atoms with E-state index in [4.69, 9.17) is 5.11 Å². The van der Waals surface area contributed by atoms with Gasteiger partial charge in [0.25, 0.3) is 0 Å². The van der Waals surface area contributed by atoms with E-state index < -0.39 is 0 Å². The first-order valence-electron chi connectivity index (χ1n) is 6.38. The molecule has 1 saturated heterocycles. The Kier molecular flexibility index (Phi) is 3.82. The Morgan fingerprint density at radius 1 is 1.44 bits per heavy atom. The molecule has 92 valence electrons. The second kappa shape index (κ2) is 5.15. The van der Waals surface area contributed by atoms with Gasteiger partial charge in [-0.15, -0.1) is 0 Å². The predicted molar refractivity (Wildman–Crippen MR) is 62.0 cm³/mol. The number of carbonyl (C=O) groups is 1. The van der Waals surface area contributed by atoms with Gasteiger partial charge in [0.1, 0.15) is 0 Å². The summed E-state index contributed by atoms with van der Waals surface area (Å²) >= 11 is 0. The molecule has 4 heteroatoms. The van der Waals surface area contributed by atoms with E-state index in [0.29, 0.717) is 0 Å². The Morgan fingerprint density at radius 3 is 2.81 bits per heavy atom. The summed E-state index contributed by atoms with van der Waals surface area (Å²) in [4.78, 5) is 11.8. The smallest absolute Gasteiger partial charge is 0.237 e. The van der Waals surface area contributed by atoms with Crippen LogP contribution in [0.2, 0.25) is 0 Å². The molecule has 3 N–H and O–H groups in total. The molecule has 0 aromatic carbocycles. The number of hydrogen-bond donors (Lipinski definition) is 3. The lowest BCUT2D eigenvalue weighted by atomic mass is 10.0. The van der Waals surface area contributed by atoms with Gasteiger partial charge in [-0.3, -0.25) is 4.79 Å². The number of rotatable bonds is 5. The van der Waals surface area contributed by atoms with Crippen LogP contribution < -0.4 is 10.6 Å². The van der Waals surface area contributed by atoms with Crippen LogP contribution in [0.5, 0.6) is 0 Å². The SMILES string of the molecule is O=C(NCC1(CCO)CC1)[C@@H]1CCCCN1. The van der Waals surface area contributed by atoms with Crippen molar-refractivity contribution in [2.24, 2.45) is 5.41 Å². The molecule has 0 bridgehead atoms. The van der Waals surface area contributed by atoms with Crippen molar-refractivity contribution in [3.8, 4) is 0 Å². The lowest BCUT2D eigenvalue weighted by molar-refractivity contribution is -0.124. The number of nitrogens with one attached hydrogen (secondary N) is 2. The number of amides is 1. The first kappa shape index (κ1) is 11.9. The highest BCUT2D eigenvalue weighted by molar-refractivity contribution is 5.81. The van der Waals surface area contributed by atoms with Crippen LogP contribution in [0.1, 0.15) is 38.5 Å². The molecule has 2 aliphatic rings. The van der Waals surface area contributed by atoms with Crippen LogP contribution in [0, 0.1) is 5.41 Å². The Morgan fingerprint density at radius 2 is 2.25 bits per heavy atom. The fourth-order valence-electron chi connectivity index (χ4n) is 2.40. The van der Waals surface area contributed by atoms with Crippen molar-refractivity contribution in [2.45, 2.75) is 44.6 Å². The first-order chi connectivity index (χ1) is 7.76. The average molecular weight is 226 g/mol. The second-order valence-corrected chi connectivity index (χ2v) is 5.19. The number of aliphatic hydroxyl groups excluding tert-OH is 1. The summed E-state index contributed by atoms with van der Waals surface area (Å²) in [6.45, 7) is 1.93. The Hall–Kier alpha value is -0.610. The van der Waals surface area contributed by atoms with Crippen molar-refractivity contribution >= 4 is 5.91 Å². The number of piperidine rings is 1. The molecule has 0 radical (unpaired) electrons. The summed E-state index contributed by atoms with van der Waals surface area (Å²) in [5.41, 5.74) is 0.221. The molecular formula is C12H22N2O2. The van der Waals surface area contributed by atoms with E-state index in [0.717, 1.165) is 45.2 Å². The molecule has 2 fully saturated rings. The van der Waals surface area contributed by atoms with Gasteiger partial charge in [-0.2, -0.15) is 0 Å². The summed E-state index contributed by atoms with van der Waals surface area (Å²) in [7, 11) is 0. The van der Waals surface area contributed by atoms with Crippen LogP contribution in [0.25, 0.3) is 0 Å². The van der Waals surface area contributed by atoms with Gasteiger partial charge in [0.15, 0.2) is 0 Å². The van der Waals surface area contributed by atoms with Gasteiger partial charge < -0.3 is 15.7 Å². The minimum Gasteiger partial charge on any atom is -0.396 e. The molecule has 1 heterocycles. The van der Waals surface area contributed by atoms with Crippen LogP contribution in [0.15, 0.2) is 0 Å². The van der Waals surface area contributed by atoms with Crippen LogP contribution in [0.4, 0.5) is 0 Å². The quantitative estimate of drug-likeness (QED) is 0.636. The molecule has 1 amide bonds. The molecule has 4 nitrogen and oxygen atoms in total. The van der Waals surface area contributed by atoms with Crippen molar-refractivity contribution in [1.82, 2.24) is 10.6 Å². The Balaban J connectivity index is 1.70. The third-order valence-corrected chi connectivity index (χ3v) is 3.86. The van der Waals surface area contributed by atoms with Gasteiger partial charge in [-0.1, -0.05) is 6.42 Å². The Labute approximate surface area is 96.8 Å². The van der Waals surface area contributed by atoms with Gasteiger partial charge in [-0.05, 0) is 44.1 Å².